The monoisotopic (exact) mass is 433 g/mol. The lowest BCUT2D eigenvalue weighted by atomic mass is 9.73. The van der Waals surface area contributed by atoms with Crippen LogP contribution in [0.4, 0.5) is 0 Å². The van der Waals surface area contributed by atoms with Crippen molar-refractivity contribution in [1.29, 1.82) is 0 Å². The van der Waals surface area contributed by atoms with Gasteiger partial charge in [-0.1, -0.05) is 71.9 Å². The highest BCUT2D eigenvalue weighted by atomic mass is 16.7. The van der Waals surface area contributed by atoms with Crippen LogP contribution in [0.2, 0.25) is 0 Å². The Hall–Kier alpha value is -0.940. The predicted molar refractivity (Wildman–Crippen MR) is 129 cm³/mol. The zero-order valence-electron chi connectivity index (χ0n) is 21.4. The molecule has 178 valence electrons. The van der Waals surface area contributed by atoms with Gasteiger partial charge in [-0.25, -0.2) is 0 Å². The number of piperidine rings is 1. The first-order valence-electron chi connectivity index (χ1n) is 12.3. The molecule has 0 radical (unpaired) electrons. The third kappa shape index (κ3) is 7.02. The molecule has 0 saturated carbocycles. The first-order valence-corrected chi connectivity index (χ1v) is 12.3. The maximum absolute atomic E-state index is 6.59. The van der Waals surface area contributed by atoms with Crippen molar-refractivity contribution in [1.82, 2.24) is 5.06 Å². The standard InChI is InChI=1S/C27H47NO3/c1-9-26(10-2)21-27(29-18-22(3)4,30-19-23(5)6)20-25(7,8)28(26)31-17-16-24-14-12-11-13-15-24/h11-15,22-23H,9-10,16-21H2,1-8H3. The minimum absolute atomic E-state index is 0.119. The number of hydrogen-bond donors (Lipinski definition) is 0. The van der Waals surface area contributed by atoms with Gasteiger partial charge < -0.3 is 9.47 Å². The van der Waals surface area contributed by atoms with Crippen molar-refractivity contribution in [2.75, 3.05) is 19.8 Å². The SMILES string of the molecule is CCC1(CC)CC(OCC(C)C)(OCC(C)C)CC(C)(C)N1OCCc1ccccc1. The van der Waals surface area contributed by atoms with E-state index in [0.717, 1.165) is 32.1 Å². The van der Waals surface area contributed by atoms with Crippen LogP contribution >= 0.6 is 0 Å². The molecule has 0 N–H and O–H groups in total. The predicted octanol–water partition coefficient (Wildman–Crippen LogP) is 6.64. The molecule has 1 aliphatic rings. The van der Waals surface area contributed by atoms with E-state index in [4.69, 9.17) is 14.3 Å². The topological polar surface area (TPSA) is 30.9 Å². The lowest BCUT2D eigenvalue weighted by Gasteiger charge is -2.59. The molecule has 0 bridgehead atoms. The summed E-state index contributed by atoms with van der Waals surface area (Å²) in [5.74, 6) is 0.379. The van der Waals surface area contributed by atoms with Gasteiger partial charge in [0.15, 0.2) is 5.79 Å². The van der Waals surface area contributed by atoms with Crippen molar-refractivity contribution in [3.63, 3.8) is 0 Å². The largest absolute Gasteiger partial charge is 0.350 e. The van der Waals surface area contributed by atoms with Crippen LogP contribution in [-0.2, 0) is 20.7 Å². The fourth-order valence-electron chi connectivity index (χ4n) is 4.89. The molecule has 0 aromatic heterocycles. The van der Waals surface area contributed by atoms with Crippen molar-refractivity contribution in [3.05, 3.63) is 35.9 Å². The molecule has 4 heteroatoms. The highest BCUT2D eigenvalue weighted by molar-refractivity contribution is 5.14. The van der Waals surface area contributed by atoms with E-state index in [9.17, 15) is 0 Å². The summed E-state index contributed by atoms with van der Waals surface area (Å²) in [6.07, 6.45) is 4.54. The van der Waals surface area contributed by atoms with Crippen LogP contribution in [0.3, 0.4) is 0 Å². The van der Waals surface area contributed by atoms with E-state index < -0.39 is 5.79 Å². The Kier molecular flexibility index (Phi) is 9.57. The number of rotatable bonds is 12. The van der Waals surface area contributed by atoms with E-state index in [-0.39, 0.29) is 11.1 Å². The van der Waals surface area contributed by atoms with Gasteiger partial charge >= 0.3 is 0 Å². The van der Waals surface area contributed by atoms with Gasteiger partial charge in [0.05, 0.1) is 25.4 Å². The summed E-state index contributed by atoms with van der Waals surface area (Å²) in [6.45, 7) is 20.0. The number of hydroxylamine groups is 2. The van der Waals surface area contributed by atoms with Gasteiger partial charge in [0.25, 0.3) is 0 Å². The molecule has 1 fully saturated rings. The Morgan fingerprint density at radius 1 is 0.871 bits per heavy atom. The van der Waals surface area contributed by atoms with Crippen LogP contribution in [0.1, 0.15) is 86.6 Å². The zero-order chi connectivity index (χ0) is 23.1. The average Bonchev–Trinajstić information content (AvgIpc) is 2.72. The minimum Gasteiger partial charge on any atom is -0.350 e. The van der Waals surface area contributed by atoms with Crippen LogP contribution < -0.4 is 0 Å². The summed E-state index contributed by atoms with van der Waals surface area (Å²) in [5.41, 5.74) is 0.993. The molecule has 1 saturated heterocycles. The summed E-state index contributed by atoms with van der Waals surface area (Å²) in [7, 11) is 0. The van der Waals surface area contributed by atoms with Crippen molar-refractivity contribution < 1.29 is 14.3 Å². The van der Waals surface area contributed by atoms with Crippen LogP contribution in [0.25, 0.3) is 0 Å². The average molecular weight is 434 g/mol. The molecule has 1 heterocycles. The smallest absolute Gasteiger partial charge is 0.171 e. The normalized spacial score (nSPS) is 20.5. The van der Waals surface area contributed by atoms with E-state index in [1.54, 1.807) is 0 Å². The molecule has 0 aliphatic carbocycles. The van der Waals surface area contributed by atoms with E-state index >= 15 is 0 Å². The van der Waals surface area contributed by atoms with Crippen LogP contribution in [0, 0.1) is 11.8 Å². The van der Waals surface area contributed by atoms with Crippen LogP contribution in [0.5, 0.6) is 0 Å². The number of ether oxygens (including phenoxy) is 2. The van der Waals surface area contributed by atoms with Gasteiger partial charge in [0, 0.05) is 18.4 Å². The highest BCUT2D eigenvalue weighted by Gasteiger charge is 2.57. The van der Waals surface area contributed by atoms with Crippen molar-refractivity contribution in [3.8, 4) is 0 Å². The Balaban J connectivity index is 2.25. The third-order valence-corrected chi connectivity index (χ3v) is 6.41. The maximum atomic E-state index is 6.59. The van der Waals surface area contributed by atoms with Gasteiger partial charge in [-0.3, -0.25) is 4.84 Å². The number of nitrogens with zero attached hydrogens (tertiary/aromatic N) is 1. The highest BCUT2D eigenvalue weighted by Crippen LogP contribution is 2.49. The molecule has 31 heavy (non-hydrogen) atoms. The second-order valence-electron chi connectivity index (χ2n) is 10.8. The van der Waals surface area contributed by atoms with E-state index in [0.29, 0.717) is 31.7 Å². The van der Waals surface area contributed by atoms with E-state index in [1.807, 2.05) is 0 Å². The van der Waals surface area contributed by atoms with Gasteiger partial charge in [-0.15, -0.1) is 0 Å². The summed E-state index contributed by atoms with van der Waals surface area (Å²) in [4.78, 5) is 6.57. The lowest BCUT2D eigenvalue weighted by molar-refractivity contribution is -0.366. The quantitative estimate of drug-likeness (QED) is 0.346. The molecule has 4 nitrogen and oxygen atoms in total. The van der Waals surface area contributed by atoms with Crippen LogP contribution in [-0.4, -0.2) is 41.7 Å². The second kappa shape index (κ2) is 11.3. The Labute approximate surface area is 191 Å². The molecular weight excluding hydrogens is 386 g/mol. The molecule has 1 aromatic carbocycles. The fourth-order valence-corrected chi connectivity index (χ4v) is 4.89. The summed E-state index contributed by atoms with van der Waals surface area (Å²) < 4.78 is 13.2. The minimum atomic E-state index is -0.566. The van der Waals surface area contributed by atoms with Gasteiger partial charge in [-0.2, -0.15) is 5.06 Å². The van der Waals surface area contributed by atoms with Gasteiger partial charge in [-0.05, 0) is 50.5 Å². The zero-order valence-corrected chi connectivity index (χ0v) is 21.4. The maximum Gasteiger partial charge on any atom is 0.171 e. The number of hydrogen-bond acceptors (Lipinski definition) is 4. The Morgan fingerprint density at radius 2 is 1.42 bits per heavy atom. The molecule has 0 amide bonds. The first kappa shape index (κ1) is 26.3. The summed E-state index contributed by atoms with van der Waals surface area (Å²) in [5, 5.41) is 2.30. The Bertz CT molecular complexity index is 625. The summed E-state index contributed by atoms with van der Waals surface area (Å²) in [6, 6.07) is 10.6. The van der Waals surface area contributed by atoms with Crippen molar-refractivity contribution >= 4 is 0 Å². The van der Waals surface area contributed by atoms with E-state index in [1.165, 1.54) is 5.56 Å². The fraction of sp³-hybridized carbons (Fsp3) is 0.778. The van der Waals surface area contributed by atoms with Crippen molar-refractivity contribution in [2.45, 2.75) is 104 Å². The first-order chi connectivity index (χ1) is 14.6. The molecule has 2 rings (SSSR count). The van der Waals surface area contributed by atoms with Crippen molar-refractivity contribution in [2.24, 2.45) is 11.8 Å². The number of benzene rings is 1. The molecule has 0 atom stereocenters. The second-order valence-corrected chi connectivity index (χ2v) is 10.8. The summed E-state index contributed by atoms with van der Waals surface area (Å²) >= 11 is 0. The molecule has 1 aromatic rings. The Morgan fingerprint density at radius 3 is 1.90 bits per heavy atom. The van der Waals surface area contributed by atoms with Gasteiger partial charge in [0.1, 0.15) is 0 Å². The molecule has 0 spiro atoms. The van der Waals surface area contributed by atoms with Gasteiger partial charge in [0.2, 0.25) is 0 Å². The van der Waals surface area contributed by atoms with E-state index in [2.05, 4.69) is 90.8 Å². The van der Waals surface area contributed by atoms with Crippen LogP contribution in [0.15, 0.2) is 30.3 Å². The molecule has 1 aliphatic heterocycles. The lowest BCUT2D eigenvalue weighted by Crippen LogP contribution is -2.68. The third-order valence-electron chi connectivity index (χ3n) is 6.41. The molecular formula is C27H47NO3. The molecule has 0 unspecified atom stereocenters.